The van der Waals surface area contributed by atoms with Gasteiger partial charge in [-0.2, -0.15) is 0 Å². The van der Waals surface area contributed by atoms with E-state index in [1.54, 1.807) is 0 Å². The van der Waals surface area contributed by atoms with Crippen LogP contribution in [0.4, 0.5) is 0 Å². The van der Waals surface area contributed by atoms with Crippen molar-refractivity contribution in [2.75, 3.05) is 0 Å². The van der Waals surface area contributed by atoms with Crippen LogP contribution in [0.25, 0.3) is 40.2 Å². The molecule has 6 aromatic rings. The van der Waals surface area contributed by atoms with Gasteiger partial charge in [0.05, 0.1) is 5.41 Å². The minimum absolute atomic E-state index is 0.190. The van der Waals surface area contributed by atoms with Crippen LogP contribution in [0.3, 0.4) is 0 Å². The second-order valence-corrected chi connectivity index (χ2v) is 13.0. The van der Waals surface area contributed by atoms with E-state index in [1.807, 2.05) is 18.2 Å². The predicted octanol–water partition coefficient (Wildman–Crippen LogP) is 10.1. The Hall–Kier alpha value is -5.87. The van der Waals surface area contributed by atoms with Crippen LogP contribution in [0.15, 0.2) is 146 Å². The minimum Gasteiger partial charge on any atom is -0.457 e. The molecule has 228 valence electrons. The highest BCUT2D eigenvalue weighted by Crippen LogP contribution is 2.64. The summed E-state index contributed by atoms with van der Waals surface area (Å²) in [6, 6.07) is 40.7. The maximum Gasteiger partial charge on any atom is 0.164 e. The van der Waals surface area contributed by atoms with Crippen LogP contribution in [0.1, 0.15) is 45.7 Å². The van der Waals surface area contributed by atoms with Crippen molar-refractivity contribution in [1.29, 1.82) is 0 Å². The Morgan fingerprint density at radius 1 is 0.604 bits per heavy atom. The van der Waals surface area contributed by atoms with Gasteiger partial charge in [0.2, 0.25) is 0 Å². The molecule has 0 bridgehead atoms. The molecule has 4 nitrogen and oxygen atoms in total. The lowest BCUT2D eigenvalue weighted by molar-refractivity contribution is 0.374. The maximum absolute atomic E-state index is 6.70. The molecule has 0 amide bonds. The van der Waals surface area contributed by atoms with Gasteiger partial charge in [-0.05, 0) is 59.4 Å². The molecule has 4 aliphatic rings. The number of para-hydroxylation sites is 1. The summed E-state index contributed by atoms with van der Waals surface area (Å²) in [6.07, 6.45) is 15.7. The average Bonchev–Trinajstić information content (AvgIpc) is 3.45. The van der Waals surface area contributed by atoms with E-state index in [0.29, 0.717) is 17.5 Å². The summed E-state index contributed by atoms with van der Waals surface area (Å²) in [6.45, 7) is 0. The van der Waals surface area contributed by atoms with Gasteiger partial charge >= 0.3 is 0 Å². The second kappa shape index (κ2) is 10.6. The lowest BCUT2D eigenvalue weighted by atomic mass is 9.61. The molecule has 1 aliphatic heterocycles. The number of rotatable bonds is 3. The molecular weight excluding hydrogens is 587 g/mol. The van der Waals surface area contributed by atoms with E-state index < -0.39 is 5.41 Å². The van der Waals surface area contributed by atoms with Gasteiger partial charge in [-0.25, -0.2) is 15.0 Å². The number of allylic oxidation sites excluding steroid dienone is 5. The third-order valence-electron chi connectivity index (χ3n) is 10.5. The van der Waals surface area contributed by atoms with E-state index in [-0.39, 0.29) is 11.8 Å². The zero-order chi connectivity index (χ0) is 31.7. The molecule has 0 saturated carbocycles. The fourth-order valence-corrected chi connectivity index (χ4v) is 8.51. The molecule has 1 aromatic heterocycles. The highest BCUT2D eigenvalue weighted by molar-refractivity contribution is 5.78. The van der Waals surface area contributed by atoms with E-state index in [2.05, 4.69) is 134 Å². The standard InChI is InChI=1S/C44H31N3O/c1-2-14-29(15-3-1)41-45-42(47-43(46-41)34-20-12-16-28-13-4-5-17-31(28)34)30-25-26-40-38(27-30)44(37-23-10-11-24-39(37)48-40)35-21-8-6-18-32(35)33-19-7-9-22-36(33)44/h1-3,5-12,14-27,32,35H,4,13H2. The first-order valence-corrected chi connectivity index (χ1v) is 16.8. The van der Waals surface area contributed by atoms with Gasteiger partial charge in [-0.1, -0.05) is 127 Å². The topological polar surface area (TPSA) is 47.9 Å². The molecule has 3 atom stereocenters. The molecule has 4 heteroatoms. The maximum atomic E-state index is 6.70. The number of hydrogen-bond acceptors (Lipinski definition) is 4. The molecule has 3 unspecified atom stereocenters. The quantitative estimate of drug-likeness (QED) is 0.198. The van der Waals surface area contributed by atoms with Gasteiger partial charge in [0.1, 0.15) is 11.5 Å². The number of benzene rings is 5. The summed E-state index contributed by atoms with van der Waals surface area (Å²) >= 11 is 0. The predicted molar refractivity (Wildman–Crippen MR) is 191 cm³/mol. The van der Waals surface area contributed by atoms with Crippen LogP contribution in [0.2, 0.25) is 0 Å². The Labute approximate surface area is 279 Å². The summed E-state index contributed by atoms with van der Waals surface area (Å²) in [7, 11) is 0. The van der Waals surface area contributed by atoms with Crippen molar-refractivity contribution in [2.24, 2.45) is 5.92 Å². The highest BCUT2D eigenvalue weighted by Gasteiger charge is 2.56. The average molecular weight is 618 g/mol. The van der Waals surface area contributed by atoms with Crippen molar-refractivity contribution in [3.05, 3.63) is 179 Å². The number of nitrogens with zero attached hydrogens (tertiary/aromatic N) is 3. The number of aryl methyl sites for hydroxylation is 1. The van der Waals surface area contributed by atoms with Crippen LogP contribution in [-0.4, -0.2) is 15.0 Å². The molecule has 5 aromatic carbocycles. The summed E-state index contributed by atoms with van der Waals surface area (Å²) in [5, 5.41) is 0. The Balaban J connectivity index is 1.22. The SMILES string of the molecule is C1=CC2c3ccccc3C3(c4ccccc4Oc4ccc(-c5nc(-c6ccccc6)nc(-c6cccc7c6C=CCC7)n5)cc43)C2C=C1. The van der Waals surface area contributed by atoms with Gasteiger partial charge in [-0.15, -0.1) is 0 Å². The molecule has 2 heterocycles. The molecule has 3 aliphatic carbocycles. The first kappa shape index (κ1) is 27.3. The minimum atomic E-state index is -0.440. The molecule has 48 heavy (non-hydrogen) atoms. The Morgan fingerprint density at radius 2 is 1.35 bits per heavy atom. The highest BCUT2D eigenvalue weighted by atomic mass is 16.5. The lowest BCUT2D eigenvalue weighted by Crippen LogP contribution is -2.37. The summed E-state index contributed by atoms with van der Waals surface area (Å²) < 4.78 is 6.70. The first-order chi connectivity index (χ1) is 23.8. The van der Waals surface area contributed by atoms with Crippen LogP contribution in [0.5, 0.6) is 11.5 Å². The van der Waals surface area contributed by atoms with Gasteiger partial charge in [0, 0.05) is 39.7 Å². The number of fused-ring (bicyclic) bond motifs is 10. The first-order valence-electron chi connectivity index (χ1n) is 16.8. The van der Waals surface area contributed by atoms with Crippen molar-refractivity contribution in [3.8, 4) is 45.7 Å². The summed E-state index contributed by atoms with van der Waals surface area (Å²) in [5.74, 6) is 4.23. The van der Waals surface area contributed by atoms with Crippen LogP contribution >= 0.6 is 0 Å². The Bertz CT molecular complexity index is 2350. The fourth-order valence-electron chi connectivity index (χ4n) is 8.51. The zero-order valence-electron chi connectivity index (χ0n) is 26.3. The molecule has 1 spiro atoms. The van der Waals surface area contributed by atoms with E-state index in [4.69, 9.17) is 19.7 Å². The van der Waals surface area contributed by atoms with Crippen LogP contribution in [0, 0.1) is 5.92 Å². The van der Waals surface area contributed by atoms with Gasteiger partial charge in [-0.3, -0.25) is 0 Å². The van der Waals surface area contributed by atoms with E-state index in [9.17, 15) is 0 Å². The largest absolute Gasteiger partial charge is 0.457 e. The Kier molecular flexibility index (Phi) is 6.01. The van der Waals surface area contributed by atoms with Crippen molar-refractivity contribution in [2.45, 2.75) is 24.2 Å². The Morgan fingerprint density at radius 3 is 2.27 bits per heavy atom. The van der Waals surface area contributed by atoms with Crippen molar-refractivity contribution in [3.63, 3.8) is 0 Å². The van der Waals surface area contributed by atoms with Gasteiger partial charge in [0.25, 0.3) is 0 Å². The van der Waals surface area contributed by atoms with Gasteiger partial charge in [0.15, 0.2) is 17.5 Å². The van der Waals surface area contributed by atoms with Gasteiger partial charge < -0.3 is 4.74 Å². The lowest BCUT2D eigenvalue weighted by Gasteiger charge is -2.43. The summed E-state index contributed by atoms with van der Waals surface area (Å²) in [5.41, 5.74) is 10.0. The van der Waals surface area contributed by atoms with Crippen molar-refractivity contribution < 1.29 is 4.74 Å². The molecule has 0 N–H and O–H groups in total. The smallest absolute Gasteiger partial charge is 0.164 e. The normalized spacial score (nSPS) is 20.8. The van der Waals surface area contributed by atoms with E-state index in [0.717, 1.165) is 46.6 Å². The third-order valence-corrected chi connectivity index (χ3v) is 10.5. The van der Waals surface area contributed by atoms with E-state index in [1.165, 1.54) is 27.8 Å². The second-order valence-electron chi connectivity index (χ2n) is 13.0. The zero-order valence-corrected chi connectivity index (χ0v) is 26.3. The molecular formula is C44H31N3O. The van der Waals surface area contributed by atoms with Crippen LogP contribution in [-0.2, 0) is 11.8 Å². The molecule has 0 saturated heterocycles. The number of hydrogen-bond donors (Lipinski definition) is 0. The van der Waals surface area contributed by atoms with E-state index >= 15 is 0 Å². The summed E-state index contributed by atoms with van der Waals surface area (Å²) in [4.78, 5) is 15.4. The third kappa shape index (κ3) is 3.92. The van der Waals surface area contributed by atoms with Crippen molar-refractivity contribution >= 4 is 6.08 Å². The fraction of sp³-hybridized carbons (Fsp3) is 0.114. The number of ether oxygens (including phenoxy) is 1. The molecule has 10 rings (SSSR count). The molecule has 0 radical (unpaired) electrons. The van der Waals surface area contributed by atoms with Crippen molar-refractivity contribution in [1.82, 2.24) is 15.0 Å². The number of aromatic nitrogens is 3. The monoisotopic (exact) mass is 617 g/mol. The van der Waals surface area contributed by atoms with Crippen LogP contribution < -0.4 is 4.74 Å². The molecule has 0 fully saturated rings.